The Bertz CT molecular complexity index is 306. The maximum Gasteiger partial charge on any atom is 0.0522 e. The van der Waals surface area contributed by atoms with Crippen molar-refractivity contribution in [3.8, 4) is 0 Å². The van der Waals surface area contributed by atoms with Crippen LogP contribution in [0.1, 0.15) is 52.0 Å². The Morgan fingerprint density at radius 2 is 2.12 bits per heavy atom. The molecule has 92 valence electrons. The summed E-state index contributed by atoms with van der Waals surface area (Å²) in [6.07, 6.45) is 9.58. The van der Waals surface area contributed by atoms with E-state index in [1.807, 2.05) is 10.9 Å². The molecule has 1 aromatic rings. The van der Waals surface area contributed by atoms with E-state index in [4.69, 9.17) is 5.73 Å². The van der Waals surface area contributed by atoms with Gasteiger partial charge in [0.2, 0.25) is 0 Å². The summed E-state index contributed by atoms with van der Waals surface area (Å²) in [4.78, 5) is 0. The molecule has 0 fully saturated rings. The highest BCUT2D eigenvalue weighted by Crippen LogP contribution is 2.20. The van der Waals surface area contributed by atoms with Crippen molar-refractivity contribution in [1.29, 1.82) is 0 Å². The van der Waals surface area contributed by atoms with Crippen molar-refractivity contribution < 1.29 is 0 Å². The SMILES string of the molecule is CCCCC(N)(CC)Cc1cnn(CC)c1. The molecule has 0 aliphatic rings. The molecule has 1 heterocycles. The van der Waals surface area contributed by atoms with E-state index < -0.39 is 0 Å². The van der Waals surface area contributed by atoms with Crippen LogP contribution in [0.4, 0.5) is 0 Å². The van der Waals surface area contributed by atoms with Crippen LogP contribution in [0.15, 0.2) is 12.4 Å². The van der Waals surface area contributed by atoms with Gasteiger partial charge in [0.25, 0.3) is 0 Å². The standard InChI is InChI=1S/C13H25N3/c1-4-7-8-13(14,5-2)9-12-10-15-16(6-3)11-12/h10-11H,4-9,14H2,1-3H3. The van der Waals surface area contributed by atoms with Crippen molar-refractivity contribution in [2.75, 3.05) is 0 Å². The molecule has 1 atom stereocenters. The first-order valence-electron chi connectivity index (χ1n) is 6.43. The number of nitrogens with zero attached hydrogens (tertiary/aromatic N) is 2. The molecule has 0 amide bonds. The number of unbranched alkanes of at least 4 members (excludes halogenated alkanes) is 1. The second-order valence-corrected chi connectivity index (χ2v) is 4.70. The largest absolute Gasteiger partial charge is 0.325 e. The minimum Gasteiger partial charge on any atom is -0.325 e. The van der Waals surface area contributed by atoms with E-state index in [1.165, 1.54) is 18.4 Å². The normalized spacial score (nSPS) is 15.0. The molecule has 0 spiro atoms. The zero-order chi connectivity index (χ0) is 12.0. The number of rotatable bonds is 7. The lowest BCUT2D eigenvalue weighted by Crippen LogP contribution is -2.41. The van der Waals surface area contributed by atoms with Crippen LogP contribution >= 0.6 is 0 Å². The fourth-order valence-corrected chi connectivity index (χ4v) is 2.00. The van der Waals surface area contributed by atoms with Gasteiger partial charge in [-0.25, -0.2) is 0 Å². The molecule has 3 heteroatoms. The molecule has 1 unspecified atom stereocenters. The average Bonchev–Trinajstić information content (AvgIpc) is 2.74. The molecular weight excluding hydrogens is 198 g/mol. The van der Waals surface area contributed by atoms with E-state index in [0.29, 0.717) is 0 Å². The van der Waals surface area contributed by atoms with E-state index in [2.05, 4.69) is 32.1 Å². The molecule has 0 aliphatic heterocycles. The van der Waals surface area contributed by atoms with Crippen LogP contribution in [0.5, 0.6) is 0 Å². The van der Waals surface area contributed by atoms with Crippen molar-refractivity contribution in [3.63, 3.8) is 0 Å². The van der Waals surface area contributed by atoms with Gasteiger partial charge in [0.05, 0.1) is 6.20 Å². The van der Waals surface area contributed by atoms with Crippen molar-refractivity contribution in [3.05, 3.63) is 18.0 Å². The lowest BCUT2D eigenvalue weighted by Gasteiger charge is -2.27. The zero-order valence-corrected chi connectivity index (χ0v) is 10.9. The summed E-state index contributed by atoms with van der Waals surface area (Å²) in [5, 5.41) is 4.29. The second-order valence-electron chi connectivity index (χ2n) is 4.70. The molecule has 0 aromatic carbocycles. The highest BCUT2D eigenvalue weighted by Gasteiger charge is 2.22. The number of hydrogen-bond donors (Lipinski definition) is 1. The van der Waals surface area contributed by atoms with E-state index in [9.17, 15) is 0 Å². The Morgan fingerprint density at radius 3 is 2.62 bits per heavy atom. The molecule has 2 N–H and O–H groups in total. The Hall–Kier alpha value is -0.830. The van der Waals surface area contributed by atoms with Crippen LogP contribution in [-0.4, -0.2) is 15.3 Å². The maximum absolute atomic E-state index is 6.43. The Labute approximate surface area is 99.0 Å². The van der Waals surface area contributed by atoms with Crippen molar-refractivity contribution in [2.24, 2.45) is 5.73 Å². The van der Waals surface area contributed by atoms with Gasteiger partial charge in [0.1, 0.15) is 0 Å². The molecule has 1 rings (SSSR count). The molecule has 3 nitrogen and oxygen atoms in total. The predicted octanol–water partition coefficient (Wildman–Crippen LogP) is 2.74. The highest BCUT2D eigenvalue weighted by molar-refractivity contribution is 5.09. The van der Waals surface area contributed by atoms with Gasteiger partial charge in [-0.15, -0.1) is 0 Å². The number of hydrogen-bond acceptors (Lipinski definition) is 2. The predicted molar refractivity (Wildman–Crippen MR) is 68.3 cm³/mol. The van der Waals surface area contributed by atoms with Crippen LogP contribution < -0.4 is 5.73 Å². The van der Waals surface area contributed by atoms with Crippen molar-refractivity contribution in [2.45, 2.75) is 65.0 Å². The number of aryl methyl sites for hydroxylation is 1. The first-order chi connectivity index (χ1) is 7.63. The van der Waals surface area contributed by atoms with Crippen molar-refractivity contribution >= 4 is 0 Å². The van der Waals surface area contributed by atoms with E-state index in [-0.39, 0.29) is 5.54 Å². The molecule has 0 aliphatic carbocycles. The van der Waals surface area contributed by atoms with Gasteiger partial charge in [0.15, 0.2) is 0 Å². The first-order valence-corrected chi connectivity index (χ1v) is 6.43. The smallest absolute Gasteiger partial charge is 0.0522 e. The lowest BCUT2D eigenvalue weighted by atomic mass is 9.85. The van der Waals surface area contributed by atoms with Crippen LogP contribution in [0.3, 0.4) is 0 Å². The Kier molecular flexibility index (Phi) is 5.00. The molecule has 0 bridgehead atoms. The maximum atomic E-state index is 6.43. The van der Waals surface area contributed by atoms with Gasteiger partial charge >= 0.3 is 0 Å². The average molecular weight is 223 g/mol. The molecule has 16 heavy (non-hydrogen) atoms. The fraction of sp³-hybridized carbons (Fsp3) is 0.769. The highest BCUT2D eigenvalue weighted by atomic mass is 15.3. The summed E-state index contributed by atoms with van der Waals surface area (Å²) < 4.78 is 1.96. The first kappa shape index (κ1) is 13.2. The molecule has 0 radical (unpaired) electrons. The van der Waals surface area contributed by atoms with Crippen LogP contribution in [0.25, 0.3) is 0 Å². The van der Waals surface area contributed by atoms with Crippen LogP contribution in [0.2, 0.25) is 0 Å². The molecular formula is C13H25N3. The summed E-state index contributed by atoms with van der Waals surface area (Å²) in [6.45, 7) is 7.42. The van der Waals surface area contributed by atoms with E-state index >= 15 is 0 Å². The molecule has 0 saturated carbocycles. The summed E-state index contributed by atoms with van der Waals surface area (Å²) in [5.74, 6) is 0. The van der Waals surface area contributed by atoms with Crippen LogP contribution in [-0.2, 0) is 13.0 Å². The third-order valence-electron chi connectivity index (χ3n) is 3.30. The van der Waals surface area contributed by atoms with Gasteiger partial charge in [-0.3, -0.25) is 4.68 Å². The summed E-state index contributed by atoms with van der Waals surface area (Å²) in [5.41, 5.74) is 7.65. The van der Waals surface area contributed by atoms with Gasteiger partial charge in [-0.05, 0) is 31.7 Å². The lowest BCUT2D eigenvalue weighted by molar-refractivity contribution is 0.365. The van der Waals surface area contributed by atoms with Crippen LogP contribution in [0, 0.1) is 0 Å². The number of nitrogens with two attached hydrogens (primary N) is 1. The van der Waals surface area contributed by atoms with Gasteiger partial charge in [-0.1, -0.05) is 26.7 Å². The molecule has 1 aromatic heterocycles. The summed E-state index contributed by atoms with van der Waals surface area (Å²) >= 11 is 0. The fourth-order valence-electron chi connectivity index (χ4n) is 2.00. The minimum atomic E-state index is -0.0440. The third-order valence-corrected chi connectivity index (χ3v) is 3.30. The minimum absolute atomic E-state index is 0.0440. The third kappa shape index (κ3) is 3.63. The quantitative estimate of drug-likeness (QED) is 0.772. The van der Waals surface area contributed by atoms with Crippen molar-refractivity contribution in [1.82, 2.24) is 9.78 Å². The Balaban J connectivity index is 2.60. The van der Waals surface area contributed by atoms with Gasteiger partial charge in [-0.2, -0.15) is 5.10 Å². The van der Waals surface area contributed by atoms with E-state index in [1.54, 1.807) is 0 Å². The monoisotopic (exact) mass is 223 g/mol. The summed E-state index contributed by atoms with van der Waals surface area (Å²) in [6, 6.07) is 0. The zero-order valence-electron chi connectivity index (χ0n) is 10.9. The summed E-state index contributed by atoms with van der Waals surface area (Å²) in [7, 11) is 0. The number of aromatic nitrogens is 2. The second kappa shape index (κ2) is 6.04. The van der Waals surface area contributed by atoms with Gasteiger partial charge in [0, 0.05) is 18.3 Å². The topological polar surface area (TPSA) is 43.8 Å². The Morgan fingerprint density at radius 1 is 1.38 bits per heavy atom. The molecule has 0 saturated heterocycles. The van der Waals surface area contributed by atoms with E-state index in [0.717, 1.165) is 25.8 Å². The van der Waals surface area contributed by atoms with Gasteiger partial charge < -0.3 is 5.73 Å².